The van der Waals surface area contributed by atoms with E-state index < -0.39 is 17.9 Å². The largest absolute Gasteiger partial charge is 0.573 e. The third kappa shape index (κ3) is 9.51. The van der Waals surface area contributed by atoms with Crippen LogP contribution in [0.4, 0.5) is 22.0 Å². The molecule has 1 aliphatic rings. The Morgan fingerprint density at radius 3 is 1.75 bits per heavy atom. The maximum absolute atomic E-state index is 13.5. The number of benzene rings is 3. The van der Waals surface area contributed by atoms with Gasteiger partial charge in [-0.05, 0) is 79.1 Å². The molecule has 2 N–H and O–H groups in total. The molecule has 40 heavy (non-hydrogen) atoms. The minimum Gasteiger partial charge on any atom is -0.433 e. The zero-order chi connectivity index (χ0) is 29.2. The van der Waals surface area contributed by atoms with Crippen LogP contribution in [0.25, 0.3) is 0 Å². The van der Waals surface area contributed by atoms with Crippen molar-refractivity contribution in [3.63, 3.8) is 0 Å². The Hall–Kier alpha value is -3.13. The lowest BCUT2D eigenvalue weighted by Crippen LogP contribution is -2.30. The molecule has 0 aliphatic heterocycles. The molecule has 8 heteroatoms. The van der Waals surface area contributed by atoms with E-state index in [9.17, 15) is 22.0 Å². The molecular weight excluding hydrogens is 525 g/mol. The molecule has 3 aromatic rings. The van der Waals surface area contributed by atoms with E-state index in [1.54, 1.807) is 18.2 Å². The fourth-order valence-corrected chi connectivity index (χ4v) is 5.33. The van der Waals surface area contributed by atoms with Gasteiger partial charge in [0.25, 0.3) is 0 Å². The summed E-state index contributed by atoms with van der Waals surface area (Å²) in [5.41, 5.74) is 6.86. The monoisotopic (exact) mass is 563 g/mol. The van der Waals surface area contributed by atoms with Crippen molar-refractivity contribution in [2.24, 2.45) is 11.7 Å². The Kier molecular flexibility index (Phi) is 11.0. The standard InChI is InChI=1S/C25H23F5O2.C7H15N/c1-3-24(17-18-9-5-4-6-10-18,19-11-7-13-21(15-19)31-23(2,26)27)20-12-8-14-22(16-20)32-25(28,29)30;8-6-7-4-2-1-3-5-7/h4-16H,3,17H2,1-2H3;7H,1-6,8H2. The highest BCUT2D eigenvalue weighted by molar-refractivity contribution is 5.46. The maximum atomic E-state index is 13.5. The molecule has 0 aromatic heterocycles. The summed E-state index contributed by atoms with van der Waals surface area (Å²) in [7, 11) is 0. The van der Waals surface area contributed by atoms with E-state index in [-0.39, 0.29) is 11.5 Å². The summed E-state index contributed by atoms with van der Waals surface area (Å²) in [5.74, 6) is 0.501. The first-order chi connectivity index (χ1) is 18.9. The van der Waals surface area contributed by atoms with Crippen molar-refractivity contribution in [2.75, 3.05) is 6.54 Å². The molecular formula is C32H38F5NO2. The van der Waals surface area contributed by atoms with Crippen LogP contribution >= 0.6 is 0 Å². The van der Waals surface area contributed by atoms with Crippen molar-refractivity contribution in [2.45, 2.75) is 76.7 Å². The Bertz CT molecular complexity index is 1110. The third-order valence-corrected chi connectivity index (χ3v) is 7.31. The predicted octanol–water partition coefficient (Wildman–Crippen LogP) is 9.04. The second-order valence-corrected chi connectivity index (χ2v) is 10.4. The molecule has 0 radical (unpaired) electrons. The van der Waals surface area contributed by atoms with Gasteiger partial charge in [0, 0.05) is 12.3 Å². The maximum Gasteiger partial charge on any atom is 0.573 e. The summed E-state index contributed by atoms with van der Waals surface area (Å²) < 4.78 is 74.3. The minimum atomic E-state index is -4.83. The van der Waals surface area contributed by atoms with Crippen LogP contribution in [0.2, 0.25) is 0 Å². The number of halogens is 5. The van der Waals surface area contributed by atoms with E-state index in [4.69, 9.17) is 10.5 Å². The highest BCUT2D eigenvalue weighted by Crippen LogP contribution is 2.42. The molecule has 1 aliphatic carbocycles. The van der Waals surface area contributed by atoms with E-state index in [1.165, 1.54) is 62.4 Å². The summed E-state index contributed by atoms with van der Waals surface area (Å²) in [6, 6.07) is 21.5. The van der Waals surface area contributed by atoms with Crippen LogP contribution in [0.15, 0.2) is 78.9 Å². The van der Waals surface area contributed by atoms with Crippen LogP contribution in [0.1, 0.15) is 69.1 Å². The van der Waals surface area contributed by atoms with Crippen molar-refractivity contribution >= 4 is 0 Å². The summed E-state index contributed by atoms with van der Waals surface area (Å²) in [6.07, 6.45) is -0.219. The topological polar surface area (TPSA) is 44.5 Å². The Balaban J connectivity index is 0.000000472. The first kappa shape index (κ1) is 31.4. The van der Waals surface area contributed by atoms with Gasteiger partial charge in [0.15, 0.2) is 0 Å². The number of hydrogen-bond acceptors (Lipinski definition) is 3. The van der Waals surface area contributed by atoms with Gasteiger partial charge in [-0.2, -0.15) is 8.78 Å². The van der Waals surface area contributed by atoms with Gasteiger partial charge in [-0.15, -0.1) is 13.2 Å². The lowest BCUT2D eigenvalue weighted by molar-refractivity contribution is -0.274. The van der Waals surface area contributed by atoms with Gasteiger partial charge in [-0.25, -0.2) is 0 Å². The summed E-state index contributed by atoms with van der Waals surface area (Å²) in [6.45, 7) is 3.47. The Morgan fingerprint density at radius 1 is 0.750 bits per heavy atom. The molecule has 3 nitrogen and oxygen atoms in total. The fourth-order valence-electron chi connectivity index (χ4n) is 5.33. The van der Waals surface area contributed by atoms with Gasteiger partial charge < -0.3 is 15.2 Å². The second-order valence-electron chi connectivity index (χ2n) is 10.4. The molecule has 0 spiro atoms. The highest BCUT2D eigenvalue weighted by Gasteiger charge is 2.36. The average Bonchev–Trinajstić information content (AvgIpc) is 2.91. The molecule has 0 amide bonds. The highest BCUT2D eigenvalue weighted by atomic mass is 19.4. The fraction of sp³-hybridized carbons (Fsp3) is 0.438. The van der Waals surface area contributed by atoms with Crippen molar-refractivity contribution in [1.29, 1.82) is 0 Å². The zero-order valence-corrected chi connectivity index (χ0v) is 23.0. The van der Waals surface area contributed by atoms with E-state index in [0.717, 1.165) is 18.0 Å². The van der Waals surface area contributed by atoms with Crippen molar-refractivity contribution in [1.82, 2.24) is 0 Å². The van der Waals surface area contributed by atoms with E-state index in [2.05, 4.69) is 4.74 Å². The van der Waals surface area contributed by atoms with Crippen LogP contribution in [-0.4, -0.2) is 19.0 Å². The first-order valence-electron chi connectivity index (χ1n) is 13.7. The SMILES string of the molecule is CCC(Cc1ccccc1)(c1cccc(OC(C)(F)F)c1)c1cccc(OC(F)(F)F)c1.NCC1CCCCC1. The van der Waals surface area contributed by atoms with Crippen molar-refractivity contribution in [3.05, 3.63) is 95.6 Å². The average molecular weight is 564 g/mol. The van der Waals surface area contributed by atoms with Gasteiger partial charge >= 0.3 is 12.5 Å². The van der Waals surface area contributed by atoms with Crippen LogP contribution in [0.5, 0.6) is 11.5 Å². The summed E-state index contributed by atoms with van der Waals surface area (Å²) in [4.78, 5) is 0. The quantitative estimate of drug-likeness (QED) is 0.264. The van der Waals surface area contributed by atoms with Gasteiger partial charge in [0.1, 0.15) is 11.5 Å². The molecule has 218 valence electrons. The van der Waals surface area contributed by atoms with Gasteiger partial charge in [0.05, 0.1) is 0 Å². The van der Waals surface area contributed by atoms with Crippen LogP contribution in [-0.2, 0) is 11.8 Å². The van der Waals surface area contributed by atoms with E-state index in [0.29, 0.717) is 30.9 Å². The summed E-state index contributed by atoms with van der Waals surface area (Å²) in [5, 5.41) is 0. The van der Waals surface area contributed by atoms with Gasteiger partial charge in [0.2, 0.25) is 0 Å². The molecule has 4 rings (SSSR count). The molecule has 3 aromatic carbocycles. The smallest absolute Gasteiger partial charge is 0.433 e. The normalized spacial score (nSPS) is 15.9. The van der Waals surface area contributed by atoms with Crippen LogP contribution in [0.3, 0.4) is 0 Å². The van der Waals surface area contributed by atoms with Gasteiger partial charge in [-0.1, -0.05) is 80.8 Å². The first-order valence-corrected chi connectivity index (χ1v) is 13.7. The summed E-state index contributed by atoms with van der Waals surface area (Å²) >= 11 is 0. The van der Waals surface area contributed by atoms with Gasteiger partial charge in [-0.3, -0.25) is 0 Å². The molecule has 0 saturated heterocycles. The van der Waals surface area contributed by atoms with E-state index >= 15 is 0 Å². The Morgan fingerprint density at radius 2 is 1.30 bits per heavy atom. The number of ether oxygens (including phenoxy) is 2. The molecule has 1 fully saturated rings. The lowest BCUT2D eigenvalue weighted by Gasteiger charge is -2.35. The van der Waals surface area contributed by atoms with Crippen molar-refractivity contribution < 1.29 is 31.4 Å². The van der Waals surface area contributed by atoms with Crippen LogP contribution < -0.4 is 15.2 Å². The second kappa shape index (κ2) is 14.0. The zero-order valence-electron chi connectivity index (χ0n) is 23.0. The molecule has 0 bridgehead atoms. The number of rotatable bonds is 9. The number of hydrogen-bond donors (Lipinski definition) is 1. The third-order valence-electron chi connectivity index (χ3n) is 7.31. The molecule has 1 atom stereocenters. The van der Waals surface area contributed by atoms with E-state index in [1.807, 2.05) is 37.3 Å². The predicted molar refractivity (Wildman–Crippen MR) is 148 cm³/mol. The number of nitrogens with two attached hydrogens (primary N) is 1. The minimum absolute atomic E-state index is 0.0245. The number of alkyl halides is 5. The van der Waals surface area contributed by atoms with Crippen LogP contribution in [0, 0.1) is 5.92 Å². The lowest BCUT2D eigenvalue weighted by atomic mass is 9.68. The Labute approximate surface area is 233 Å². The molecule has 1 unspecified atom stereocenters. The molecule has 0 heterocycles. The molecule has 1 saturated carbocycles. The van der Waals surface area contributed by atoms with Crippen molar-refractivity contribution in [3.8, 4) is 11.5 Å².